The summed E-state index contributed by atoms with van der Waals surface area (Å²) in [7, 11) is 1.87. The van der Waals surface area contributed by atoms with Crippen molar-refractivity contribution >= 4 is 0 Å². The molecule has 0 radical (unpaired) electrons. The number of nitrogens with one attached hydrogen (secondary N) is 1. The van der Waals surface area contributed by atoms with Crippen LogP contribution in [0.25, 0.3) is 0 Å². The zero-order valence-electron chi connectivity index (χ0n) is 10.4. The zero-order valence-corrected chi connectivity index (χ0v) is 10.4. The largest absolute Gasteiger partial charge is 0.455 e. The molecule has 4 heteroatoms. The Morgan fingerprint density at radius 1 is 1.28 bits per heavy atom. The van der Waals surface area contributed by atoms with Crippen LogP contribution in [0.2, 0.25) is 0 Å². The lowest BCUT2D eigenvalue weighted by atomic mass is 10.2. The summed E-state index contributed by atoms with van der Waals surface area (Å²) in [5, 5.41) is 3.05. The van der Waals surface area contributed by atoms with Crippen molar-refractivity contribution in [3.63, 3.8) is 0 Å². The molecule has 0 amide bonds. The number of hydrogen-bond donors (Lipinski definition) is 1. The Morgan fingerprint density at radius 3 is 2.83 bits per heavy atom. The first-order chi connectivity index (χ1) is 8.69. The highest BCUT2D eigenvalue weighted by Gasteiger charge is 2.04. The molecule has 0 aliphatic carbocycles. The van der Waals surface area contributed by atoms with Crippen molar-refractivity contribution in [2.75, 3.05) is 7.05 Å². The maximum Gasteiger partial charge on any atom is 0.146 e. The van der Waals surface area contributed by atoms with Crippen molar-refractivity contribution < 1.29 is 9.13 Å². The SMILES string of the molecule is CNCc1cncc(Oc2ccc(F)cc2C)c1. The van der Waals surface area contributed by atoms with Gasteiger partial charge in [0, 0.05) is 12.7 Å². The highest BCUT2D eigenvalue weighted by molar-refractivity contribution is 5.37. The van der Waals surface area contributed by atoms with Gasteiger partial charge in [-0.1, -0.05) is 0 Å². The van der Waals surface area contributed by atoms with Crippen LogP contribution in [0.5, 0.6) is 11.5 Å². The van der Waals surface area contributed by atoms with Crippen molar-refractivity contribution in [2.45, 2.75) is 13.5 Å². The monoisotopic (exact) mass is 246 g/mol. The second kappa shape index (κ2) is 5.60. The fourth-order valence-corrected chi connectivity index (χ4v) is 1.67. The average molecular weight is 246 g/mol. The van der Waals surface area contributed by atoms with E-state index >= 15 is 0 Å². The minimum atomic E-state index is -0.262. The fourth-order valence-electron chi connectivity index (χ4n) is 1.67. The minimum absolute atomic E-state index is 0.262. The number of aryl methyl sites for hydroxylation is 1. The topological polar surface area (TPSA) is 34.2 Å². The van der Waals surface area contributed by atoms with Gasteiger partial charge in [-0.2, -0.15) is 0 Å². The van der Waals surface area contributed by atoms with Crippen LogP contribution in [0.3, 0.4) is 0 Å². The number of pyridine rings is 1. The van der Waals surface area contributed by atoms with E-state index in [2.05, 4.69) is 10.3 Å². The predicted molar refractivity (Wildman–Crippen MR) is 68.2 cm³/mol. The van der Waals surface area contributed by atoms with E-state index in [1.165, 1.54) is 12.1 Å². The van der Waals surface area contributed by atoms with E-state index in [4.69, 9.17) is 4.74 Å². The zero-order chi connectivity index (χ0) is 13.0. The van der Waals surface area contributed by atoms with Crippen LogP contribution in [-0.4, -0.2) is 12.0 Å². The molecule has 0 saturated heterocycles. The molecule has 0 aliphatic rings. The van der Waals surface area contributed by atoms with Crippen LogP contribution in [0, 0.1) is 12.7 Å². The normalized spacial score (nSPS) is 10.4. The second-order valence-electron chi connectivity index (χ2n) is 4.07. The van der Waals surface area contributed by atoms with Gasteiger partial charge in [0.2, 0.25) is 0 Å². The molecule has 0 unspecified atom stereocenters. The summed E-state index contributed by atoms with van der Waals surface area (Å²) in [6.45, 7) is 2.54. The molecular weight excluding hydrogens is 231 g/mol. The molecule has 1 aromatic heterocycles. The van der Waals surface area contributed by atoms with Crippen molar-refractivity contribution in [2.24, 2.45) is 0 Å². The predicted octanol–water partition coefficient (Wildman–Crippen LogP) is 3.04. The third-order valence-electron chi connectivity index (χ3n) is 2.52. The molecule has 0 saturated carbocycles. The first-order valence-corrected chi connectivity index (χ1v) is 5.71. The Kier molecular flexibility index (Phi) is 3.89. The van der Waals surface area contributed by atoms with E-state index < -0.39 is 0 Å². The van der Waals surface area contributed by atoms with Crippen LogP contribution >= 0.6 is 0 Å². The lowest BCUT2D eigenvalue weighted by Gasteiger charge is -2.09. The summed E-state index contributed by atoms with van der Waals surface area (Å²) in [4.78, 5) is 4.11. The van der Waals surface area contributed by atoms with Crippen LogP contribution in [0.4, 0.5) is 4.39 Å². The van der Waals surface area contributed by atoms with E-state index in [0.29, 0.717) is 11.5 Å². The van der Waals surface area contributed by atoms with Gasteiger partial charge in [0.15, 0.2) is 0 Å². The molecule has 1 N–H and O–H groups in total. The number of aromatic nitrogens is 1. The number of hydrogen-bond acceptors (Lipinski definition) is 3. The highest BCUT2D eigenvalue weighted by Crippen LogP contribution is 2.25. The van der Waals surface area contributed by atoms with Gasteiger partial charge >= 0.3 is 0 Å². The van der Waals surface area contributed by atoms with Gasteiger partial charge in [0.1, 0.15) is 17.3 Å². The number of ether oxygens (including phenoxy) is 1. The van der Waals surface area contributed by atoms with Gasteiger partial charge in [0.05, 0.1) is 6.20 Å². The molecule has 0 atom stereocenters. The summed E-state index contributed by atoms with van der Waals surface area (Å²) in [6.07, 6.45) is 3.42. The van der Waals surface area contributed by atoms with Gasteiger partial charge in [-0.25, -0.2) is 4.39 Å². The van der Waals surface area contributed by atoms with Gasteiger partial charge < -0.3 is 10.1 Å². The third-order valence-corrected chi connectivity index (χ3v) is 2.52. The molecule has 3 nitrogen and oxygen atoms in total. The Morgan fingerprint density at radius 2 is 2.11 bits per heavy atom. The third kappa shape index (κ3) is 3.05. The van der Waals surface area contributed by atoms with Crippen LogP contribution < -0.4 is 10.1 Å². The molecule has 0 bridgehead atoms. The molecule has 0 fully saturated rings. The fraction of sp³-hybridized carbons (Fsp3) is 0.214. The highest BCUT2D eigenvalue weighted by atomic mass is 19.1. The second-order valence-corrected chi connectivity index (χ2v) is 4.07. The van der Waals surface area contributed by atoms with E-state index in [1.54, 1.807) is 18.5 Å². The molecular formula is C14H15FN2O. The Balaban J connectivity index is 2.20. The Bertz CT molecular complexity index is 543. The maximum atomic E-state index is 13.0. The summed E-state index contributed by atoms with van der Waals surface area (Å²) in [5.74, 6) is 1.03. The number of halogens is 1. The van der Waals surface area contributed by atoms with Crippen molar-refractivity contribution in [1.82, 2.24) is 10.3 Å². The molecule has 0 aliphatic heterocycles. The van der Waals surface area contributed by atoms with Crippen LogP contribution in [0.1, 0.15) is 11.1 Å². The first kappa shape index (κ1) is 12.5. The van der Waals surface area contributed by atoms with E-state index in [9.17, 15) is 4.39 Å². The van der Waals surface area contributed by atoms with Crippen molar-refractivity contribution in [3.8, 4) is 11.5 Å². The van der Waals surface area contributed by atoms with Gasteiger partial charge in [-0.3, -0.25) is 4.98 Å². The molecule has 94 valence electrons. The van der Waals surface area contributed by atoms with Crippen molar-refractivity contribution in [3.05, 3.63) is 53.6 Å². The van der Waals surface area contributed by atoms with Gasteiger partial charge in [-0.15, -0.1) is 0 Å². The smallest absolute Gasteiger partial charge is 0.146 e. The average Bonchev–Trinajstić information content (AvgIpc) is 2.34. The number of rotatable bonds is 4. The number of benzene rings is 1. The molecule has 18 heavy (non-hydrogen) atoms. The number of nitrogens with zero attached hydrogens (tertiary/aromatic N) is 1. The quantitative estimate of drug-likeness (QED) is 0.900. The van der Waals surface area contributed by atoms with E-state index in [1.807, 2.05) is 20.0 Å². The Hall–Kier alpha value is -1.94. The van der Waals surface area contributed by atoms with Crippen LogP contribution in [-0.2, 0) is 6.54 Å². The van der Waals surface area contributed by atoms with Crippen molar-refractivity contribution in [1.29, 1.82) is 0 Å². The molecule has 2 rings (SSSR count). The molecule has 1 heterocycles. The maximum absolute atomic E-state index is 13.0. The summed E-state index contributed by atoms with van der Waals surface area (Å²) >= 11 is 0. The summed E-state index contributed by atoms with van der Waals surface area (Å²) < 4.78 is 18.7. The molecule has 0 spiro atoms. The minimum Gasteiger partial charge on any atom is -0.455 e. The first-order valence-electron chi connectivity index (χ1n) is 5.71. The van der Waals surface area contributed by atoms with E-state index in [0.717, 1.165) is 17.7 Å². The standard InChI is InChI=1S/C14H15FN2O/c1-10-5-12(15)3-4-14(10)18-13-6-11(7-16-2)8-17-9-13/h3-6,8-9,16H,7H2,1-2H3. The summed E-state index contributed by atoms with van der Waals surface area (Å²) in [5.41, 5.74) is 1.80. The molecule has 1 aromatic carbocycles. The van der Waals surface area contributed by atoms with Crippen LogP contribution in [0.15, 0.2) is 36.7 Å². The van der Waals surface area contributed by atoms with Gasteiger partial charge in [0.25, 0.3) is 0 Å². The Labute approximate surface area is 106 Å². The van der Waals surface area contributed by atoms with E-state index in [-0.39, 0.29) is 5.82 Å². The van der Waals surface area contributed by atoms with Gasteiger partial charge in [-0.05, 0) is 49.4 Å². The molecule has 2 aromatic rings. The lowest BCUT2D eigenvalue weighted by molar-refractivity contribution is 0.473. The lowest BCUT2D eigenvalue weighted by Crippen LogP contribution is -2.05. The summed E-state index contributed by atoms with van der Waals surface area (Å²) in [6, 6.07) is 6.36.